The monoisotopic (exact) mass is 287 g/mol. The number of nitrogens with zero attached hydrogens (tertiary/aromatic N) is 1. The second-order valence-electron chi connectivity index (χ2n) is 4.24. The molecule has 3 rings (SSSR count). The van der Waals surface area contributed by atoms with Crippen molar-refractivity contribution in [2.45, 2.75) is 0 Å². The van der Waals surface area contributed by atoms with Gasteiger partial charge in [0.05, 0.1) is 11.1 Å². The lowest BCUT2D eigenvalue weighted by atomic mass is 9.93. The van der Waals surface area contributed by atoms with Gasteiger partial charge in [-0.05, 0) is 6.07 Å². The second-order valence-corrected chi connectivity index (χ2v) is 4.24. The van der Waals surface area contributed by atoms with Crippen molar-refractivity contribution < 1.29 is 19.5 Å². The number of ketones is 2. The number of H-pyrrole nitrogens is 2. The van der Waals surface area contributed by atoms with Crippen molar-refractivity contribution in [3.63, 3.8) is 0 Å². The summed E-state index contributed by atoms with van der Waals surface area (Å²) in [7, 11) is 0. The molecule has 2 aromatic heterocycles. The number of aromatic nitrogens is 3. The maximum Gasteiger partial charge on any atom is 0.337 e. The molecule has 0 radical (unpaired) electrons. The van der Waals surface area contributed by atoms with Crippen LogP contribution >= 0.6 is 0 Å². The minimum Gasteiger partial charge on any atom is -0.478 e. The zero-order valence-corrected chi connectivity index (χ0v) is 10.1. The maximum absolute atomic E-state index is 12.2. The van der Waals surface area contributed by atoms with E-state index in [1.54, 1.807) is 0 Å². The number of carboxylic acid groups (broad SMARTS) is 1. The van der Waals surface area contributed by atoms with Gasteiger partial charge in [0.2, 0.25) is 11.6 Å². The van der Waals surface area contributed by atoms with Crippen LogP contribution in [0.1, 0.15) is 42.6 Å². The van der Waals surface area contributed by atoms with Crippen LogP contribution in [0.4, 0.5) is 0 Å². The van der Waals surface area contributed by atoms with E-state index in [1.165, 1.54) is 0 Å². The molecular weight excluding hydrogens is 282 g/mol. The molecule has 0 amide bonds. The van der Waals surface area contributed by atoms with Crippen LogP contribution in [-0.4, -0.2) is 37.6 Å². The summed E-state index contributed by atoms with van der Waals surface area (Å²) in [5.74, 6) is -2.88. The number of hydrogen-bond acceptors (Lipinski definition) is 6. The summed E-state index contributed by atoms with van der Waals surface area (Å²) < 4.78 is 0. The second kappa shape index (κ2) is 4.07. The van der Waals surface area contributed by atoms with E-state index in [9.17, 15) is 24.0 Å². The molecule has 104 valence electrons. The van der Waals surface area contributed by atoms with Gasteiger partial charge < -0.3 is 15.1 Å². The Bertz CT molecular complexity index is 952. The Kier molecular flexibility index (Phi) is 2.45. The van der Waals surface area contributed by atoms with Gasteiger partial charge in [0.1, 0.15) is 17.1 Å². The minimum atomic E-state index is -1.31. The largest absolute Gasteiger partial charge is 0.478 e. The fourth-order valence-corrected chi connectivity index (χ4v) is 2.00. The molecule has 0 saturated heterocycles. The number of nitrogens with one attached hydrogen (secondary N) is 2. The van der Waals surface area contributed by atoms with Gasteiger partial charge in [-0.25, -0.2) is 4.79 Å². The lowest BCUT2D eigenvalue weighted by Crippen LogP contribution is -2.37. The molecule has 21 heavy (non-hydrogen) atoms. The fraction of sp³-hybridized carbons (Fsp3) is 0. The van der Waals surface area contributed by atoms with E-state index in [0.29, 0.717) is 0 Å². The third-order valence-corrected chi connectivity index (χ3v) is 2.98. The zero-order valence-electron chi connectivity index (χ0n) is 10.1. The fourth-order valence-electron chi connectivity index (χ4n) is 2.00. The van der Waals surface area contributed by atoms with Gasteiger partial charge >= 0.3 is 17.1 Å². The molecule has 0 spiro atoms. The Balaban J connectivity index is 2.32. The van der Waals surface area contributed by atoms with E-state index < -0.39 is 28.7 Å². The van der Waals surface area contributed by atoms with Crippen LogP contribution in [0.2, 0.25) is 0 Å². The van der Waals surface area contributed by atoms with Crippen molar-refractivity contribution in [1.29, 1.82) is 0 Å². The number of rotatable bonds is 1. The van der Waals surface area contributed by atoms with Gasteiger partial charge in [0.15, 0.2) is 0 Å². The SMILES string of the molecule is O=C(O)c1cnc2c(c1)C(=O)c1[nH]c(=O)c(=O)[nH]c1C2=O. The first-order valence-corrected chi connectivity index (χ1v) is 5.59. The molecule has 0 bridgehead atoms. The van der Waals surface area contributed by atoms with Gasteiger partial charge in [-0.3, -0.25) is 24.2 Å². The molecule has 3 N–H and O–H groups in total. The number of pyridine rings is 1. The number of hydrogen-bond donors (Lipinski definition) is 3. The van der Waals surface area contributed by atoms with E-state index in [1.807, 2.05) is 9.97 Å². The van der Waals surface area contributed by atoms with Crippen LogP contribution < -0.4 is 11.1 Å². The molecular formula is C12H5N3O6. The van der Waals surface area contributed by atoms with Crippen molar-refractivity contribution in [2.75, 3.05) is 0 Å². The summed E-state index contributed by atoms with van der Waals surface area (Å²) in [6, 6.07) is 0.997. The average Bonchev–Trinajstić information content (AvgIpc) is 2.46. The van der Waals surface area contributed by atoms with Gasteiger partial charge in [-0.1, -0.05) is 0 Å². The molecule has 9 heteroatoms. The summed E-state index contributed by atoms with van der Waals surface area (Å²) in [6.45, 7) is 0. The number of aromatic carboxylic acids is 1. The summed E-state index contributed by atoms with van der Waals surface area (Å²) in [5, 5.41) is 8.87. The van der Waals surface area contributed by atoms with E-state index in [-0.39, 0.29) is 28.2 Å². The van der Waals surface area contributed by atoms with Crippen molar-refractivity contribution in [2.24, 2.45) is 0 Å². The molecule has 0 atom stereocenters. The zero-order chi connectivity index (χ0) is 15.3. The molecule has 2 aromatic rings. The van der Waals surface area contributed by atoms with Gasteiger partial charge in [-0.2, -0.15) is 0 Å². The minimum absolute atomic E-state index is 0.241. The molecule has 1 aliphatic rings. The molecule has 1 aliphatic carbocycles. The Morgan fingerprint density at radius 3 is 2.14 bits per heavy atom. The maximum atomic E-state index is 12.2. The normalized spacial score (nSPS) is 12.8. The molecule has 0 saturated carbocycles. The summed E-state index contributed by atoms with van der Waals surface area (Å²) in [6.07, 6.45) is 0.932. The van der Waals surface area contributed by atoms with Crippen LogP contribution in [0.5, 0.6) is 0 Å². The Hall–Kier alpha value is -3.36. The summed E-state index contributed by atoms with van der Waals surface area (Å²) in [5.41, 5.74) is -3.70. The number of aromatic amines is 2. The van der Waals surface area contributed by atoms with Crippen LogP contribution in [0, 0.1) is 0 Å². The molecule has 0 unspecified atom stereocenters. The quantitative estimate of drug-likeness (QED) is 0.482. The average molecular weight is 287 g/mol. The number of carbonyl (C=O) groups excluding carboxylic acids is 2. The highest BCUT2D eigenvalue weighted by Gasteiger charge is 2.33. The van der Waals surface area contributed by atoms with Crippen molar-refractivity contribution in [1.82, 2.24) is 15.0 Å². The first-order chi connectivity index (χ1) is 9.90. The van der Waals surface area contributed by atoms with E-state index in [2.05, 4.69) is 4.98 Å². The van der Waals surface area contributed by atoms with Gasteiger partial charge in [0, 0.05) is 6.20 Å². The first kappa shape index (κ1) is 12.7. The Labute approximate surface area is 114 Å². The van der Waals surface area contributed by atoms with E-state index in [0.717, 1.165) is 12.3 Å². The standard InChI is InChI=1S/C12H5N3O6/c16-8-4-1-3(12(20)21)2-13-5(4)9(17)7-6(8)14-10(18)11(19)15-7/h1-2H,(H,14,18)(H,15,19)(H,20,21). The predicted molar refractivity (Wildman–Crippen MR) is 65.7 cm³/mol. The van der Waals surface area contributed by atoms with Crippen LogP contribution in [0.25, 0.3) is 0 Å². The number of fused-ring (bicyclic) bond motifs is 2. The number of carboxylic acids is 1. The van der Waals surface area contributed by atoms with Crippen LogP contribution in [-0.2, 0) is 0 Å². The topological polar surface area (TPSA) is 150 Å². The molecule has 0 fully saturated rings. The highest BCUT2D eigenvalue weighted by molar-refractivity contribution is 6.26. The highest BCUT2D eigenvalue weighted by Crippen LogP contribution is 2.22. The Morgan fingerprint density at radius 2 is 1.57 bits per heavy atom. The third kappa shape index (κ3) is 1.71. The van der Waals surface area contributed by atoms with Crippen LogP contribution in [0.15, 0.2) is 21.9 Å². The third-order valence-electron chi connectivity index (χ3n) is 2.98. The molecule has 0 aliphatic heterocycles. The predicted octanol–water partition coefficient (Wildman–Crippen LogP) is -1.07. The smallest absolute Gasteiger partial charge is 0.337 e. The molecule has 2 heterocycles. The lowest BCUT2D eigenvalue weighted by molar-refractivity contribution is 0.0695. The van der Waals surface area contributed by atoms with Crippen molar-refractivity contribution >= 4 is 17.5 Å². The molecule has 9 nitrogen and oxygen atoms in total. The van der Waals surface area contributed by atoms with E-state index in [4.69, 9.17) is 5.11 Å². The number of carbonyl (C=O) groups is 3. The Morgan fingerprint density at radius 1 is 1.00 bits per heavy atom. The summed E-state index contributed by atoms with van der Waals surface area (Å²) >= 11 is 0. The van der Waals surface area contributed by atoms with Crippen molar-refractivity contribution in [3.8, 4) is 0 Å². The van der Waals surface area contributed by atoms with Gasteiger partial charge in [-0.15, -0.1) is 0 Å². The van der Waals surface area contributed by atoms with E-state index >= 15 is 0 Å². The van der Waals surface area contributed by atoms with Crippen LogP contribution in [0.3, 0.4) is 0 Å². The lowest BCUT2D eigenvalue weighted by Gasteiger charge is -2.15. The molecule has 0 aromatic carbocycles. The van der Waals surface area contributed by atoms with Crippen molar-refractivity contribution in [3.05, 3.63) is 61.2 Å². The summed E-state index contributed by atoms with van der Waals surface area (Å²) in [4.78, 5) is 65.4. The first-order valence-electron chi connectivity index (χ1n) is 5.59. The van der Waals surface area contributed by atoms with Gasteiger partial charge in [0.25, 0.3) is 0 Å². The highest BCUT2D eigenvalue weighted by atomic mass is 16.4.